The van der Waals surface area contributed by atoms with Crippen molar-refractivity contribution in [3.63, 3.8) is 0 Å². The van der Waals surface area contributed by atoms with Gasteiger partial charge < -0.3 is 9.40 Å². The minimum Gasteiger partial charge on any atom is -0.380 e. The summed E-state index contributed by atoms with van der Waals surface area (Å²) >= 11 is 0. The molecule has 1 saturated heterocycles. The molecule has 180 valence electrons. The van der Waals surface area contributed by atoms with E-state index >= 15 is 0 Å². The predicted octanol–water partition coefficient (Wildman–Crippen LogP) is 3.73. The van der Waals surface area contributed by atoms with Crippen LogP contribution in [0.3, 0.4) is 0 Å². The van der Waals surface area contributed by atoms with Gasteiger partial charge in [0.2, 0.25) is 6.61 Å². The first kappa shape index (κ1) is 24.2. The number of aryl methyl sites for hydroxylation is 1. The zero-order chi connectivity index (χ0) is 24.8. The van der Waals surface area contributed by atoms with Crippen LogP contribution in [0.15, 0.2) is 64.8 Å². The summed E-state index contributed by atoms with van der Waals surface area (Å²) in [5.41, 5.74) is 3.03. The average Bonchev–Trinajstić information content (AvgIpc) is 2.87. The molecule has 0 unspecified atom stereocenters. The molecule has 2 aromatic heterocycles. The fraction of sp³-hybridized carbons (Fsp3) is 0.308. The van der Waals surface area contributed by atoms with Crippen LogP contribution in [0.1, 0.15) is 41.1 Å². The van der Waals surface area contributed by atoms with E-state index in [0.29, 0.717) is 17.2 Å². The van der Waals surface area contributed by atoms with E-state index in [1.54, 1.807) is 29.9 Å². The van der Waals surface area contributed by atoms with Crippen LogP contribution in [0.25, 0.3) is 0 Å². The Balaban J connectivity index is 1.42. The van der Waals surface area contributed by atoms with Crippen molar-refractivity contribution in [3.8, 4) is 6.07 Å². The monoisotopic (exact) mass is 477 g/mol. The molecule has 4 rings (SSSR count). The van der Waals surface area contributed by atoms with Gasteiger partial charge in [0.1, 0.15) is 11.8 Å². The van der Waals surface area contributed by atoms with Crippen molar-refractivity contribution in [2.45, 2.75) is 25.3 Å². The van der Waals surface area contributed by atoms with Crippen LogP contribution < -0.4 is 5.56 Å². The number of aromatic nitrogens is 2. The quantitative estimate of drug-likeness (QED) is 0.294. The standard InChI is InChI=1S/C26H25F2N5O2/c1-32-10-6-20(15-25(32)34)19-7-11-33(12-8-19)17-18-2-5-24(30-16-18)26(31-35-13-9-29)21-3-4-22(27)23(28)14-21/h2-6,10,14-16,19H,7-8,11-13,17H2,1H3. The summed E-state index contributed by atoms with van der Waals surface area (Å²) < 4.78 is 28.7. The van der Waals surface area contributed by atoms with Gasteiger partial charge in [-0.05, 0) is 73.3 Å². The van der Waals surface area contributed by atoms with E-state index in [-0.39, 0.29) is 17.9 Å². The van der Waals surface area contributed by atoms with Crippen molar-refractivity contribution >= 4 is 5.71 Å². The van der Waals surface area contributed by atoms with Crippen LogP contribution in [0.4, 0.5) is 8.78 Å². The molecule has 3 aromatic rings. The van der Waals surface area contributed by atoms with E-state index in [1.165, 1.54) is 6.07 Å². The SMILES string of the molecule is Cn1ccc(C2CCN(Cc3ccc(C(=NOCC#N)c4ccc(F)c(F)c4)nc3)CC2)cc1=O. The molecular formula is C26H25F2N5O2. The highest BCUT2D eigenvalue weighted by atomic mass is 19.2. The summed E-state index contributed by atoms with van der Waals surface area (Å²) in [5.74, 6) is -1.59. The van der Waals surface area contributed by atoms with E-state index in [1.807, 2.05) is 24.4 Å². The van der Waals surface area contributed by atoms with Crippen LogP contribution in [0.2, 0.25) is 0 Å². The Morgan fingerprint density at radius 2 is 1.97 bits per heavy atom. The fourth-order valence-corrected chi connectivity index (χ4v) is 4.17. The zero-order valence-electron chi connectivity index (χ0n) is 19.3. The minimum absolute atomic E-state index is 0.0143. The molecule has 0 saturated carbocycles. The molecule has 0 N–H and O–H groups in total. The molecule has 35 heavy (non-hydrogen) atoms. The topological polar surface area (TPSA) is 83.5 Å². The highest BCUT2D eigenvalue weighted by Crippen LogP contribution is 2.27. The van der Waals surface area contributed by atoms with Crippen molar-refractivity contribution in [1.29, 1.82) is 5.26 Å². The van der Waals surface area contributed by atoms with Gasteiger partial charge in [-0.15, -0.1) is 0 Å². The maximum Gasteiger partial charge on any atom is 0.250 e. The van der Waals surface area contributed by atoms with E-state index in [2.05, 4.69) is 15.0 Å². The van der Waals surface area contributed by atoms with Gasteiger partial charge in [0.15, 0.2) is 11.6 Å². The van der Waals surface area contributed by atoms with Crippen molar-refractivity contribution in [2.24, 2.45) is 12.2 Å². The van der Waals surface area contributed by atoms with Crippen LogP contribution in [0.5, 0.6) is 0 Å². The van der Waals surface area contributed by atoms with Crippen LogP contribution in [0, 0.1) is 23.0 Å². The molecule has 1 aliphatic rings. The van der Waals surface area contributed by atoms with E-state index in [9.17, 15) is 13.6 Å². The Kier molecular flexibility index (Phi) is 7.63. The third-order valence-electron chi connectivity index (χ3n) is 6.14. The summed E-state index contributed by atoms with van der Waals surface area (Å²) in [4.78, 5) is 23.7. The molecule has 9 heteroatoms. The number of likely N-dealkylation sites (tertiary alicyclic amines) is 1. The van der Waals surface area contributed by atoms with Gasteiger partial charge in [-0.1, -0.05) is 11.2 Å². The van der Waals surface area contributed by atoms with Gasteiger partial charge in [-0.25, -0.2) is 8.78 Å². The summed E-state index contributed by atoms with van der Waals surface area (Å²) in [7, 11) is 1.75. The number of nitrogens with zero attached hydrogens (tertiary/aromatic N) is 5. The maximum absolute atomic E-state index is 13.8. The van der Waals surface area contributed by atoms with E-state index < -0.39 is 11.6 Å². The summed E-state index contributed by atoms with van der Waals surface area (Å²) in [6, 6.07) is 12.6. The number of hydrogen-bond donors (Lipinski definition) is 0. The smallest absolute Gasteiger partial charge is 0.250 e. The van der Waals surface area contributed by atoms with Crippen molar-refractivity contribution in [1.82, 2.24) is 14.5 Å². The van der Waals surface area contributed by atoms with Crippen molar-refractivity contribution in [2.75, 3.05) is 19.7 Å². The van der Waals surface area contributed by atoms with E-state index in [0.717, 1.165) is 55.7 Å². The second kappa shape index (κ2) is 11.0. The molecule has 1 aromatic carbocycles. The normalized spacial score (nSPS) is 15.1. The van der Waals surface area contributed by atoms with Gasteiger partial charge in [-0.2, -0.15) is 5.26 Å². The molecule has 0 bridgehead atoms. The molecule has 3 heterocycles. The molecule has 0 atom stereocenters. The van der Waals surface area contributed by atoms with Crippen molar-refractivity contribution in [3.05, 3.63) is 99.2 Å². The van der Waals surface area contributed by atoms with Gasteiger partial charge in [0.25, 0.3) is 5.56 Å². The molecule has 0 amide bonds. The number of oxime groups is 1. The van der Waals surface area contributed by atoms with Crippen LogP contribution >= 0.6 is 0 Å². The fourth-order valence-electron chi connectivity index (χ4n) is 4.17. The second-order valence-corrected chi connectivity index (χ2v) is 8.51. The number of benzene rings is 1. The van der Waals surface area contributed by atoms with Gasteiger partial charge >= 0.3 is 0 Å². The molecule has 0 spiro atoms. The third-order valence-corrected chi connectivity index (χ3v) is 6.14. The number of piperidine rings is 1. The van der Waals surface area contributed by atoms with Gasteiger partial charge in [0.05, 0.1) is 5.69 Å². The first-order valence-electron chi connectivity index (χ1n) is 11.3. The molecule has 7 nitrogen and oxygen atoms in total. The first-order valence-corrected chi connectivity index (χ1v) is 11.3. The molecule has 0 radical (unpaired) electrons. The van der Waals surface area contributed by atoms with Crippen molar-refractivity contribution < 1.29 is 13.6 Å². The number of hydrogen-bond acceptors (Lipinski definition) is 6. The van der Waals surface area contributed by atoms with Gasteiger partial charge in [-0.3, -0.25) is 14.7 Å². The summed E-state index contributed by atoms with van der Waals surface area (Å²) in [5, 5.41) is 12.6. The Bertz CT molecular complexity index is 1310. The number of pyridine rings is 2. The molecular weight excluding hydrogens is 452 g/mol. The molecule has 1 fully saturated rings. The third kappa shape index (κ3) is 5.97. The lowest BCUT2D eigenvalue weighted by Crippen LogP contribution is -2.33. The maximum atomic E-state index is 13.8. The number of nitriles is 1. The predicted molar refractivity (Wildman–Crippen MR) is 127 cm³/mol. The highest BCUT2D eigenvalue weighted by Gasteiger charge is 2.21. The minimum atomic E-state index is -1.01. The Labute approximate surface area is 201 Å². The first-order chi connectivity index (χ1) is 16.9. The lowest BCUT2D eigenvalue weighted by Gasteiger charge is -2.32. The Morgan fingerprint density at radius 1 is 1.17 bits per heavy atom. The molecule has 1 aliphatic heterocycles. The number of halogens is 2. The summed E-state index contributed by atoms with van der Waals surface area (Å²) in [6.45, 7) is 2.26. The Morgan fingerprint density at radius 3 is 2.63 bits per heavy atom. The average molecular weight is 478 g/mol. The van der Waals surface area contributed by atoms with Crippen LogP contribution in [-0.2, 0) is 18.4 Å². The van der Waals surface area contributed by atoms with Crippen LogP contribution in [-0.4, -0.2) is 39.9 Å². The molecule has 0 aliphatic carbocycles. The van der Waals surface area contributed by atoms with Gasteiger partial charge in [0, 0.05) is 37.6 Å². The lowest BCUT2D eigenvalue weighted by atomic mass is 9.90. The summed E-state index contributed by atoms with van der Waals surface area (Å²) in [6.07, 6.45) is 5.49. The highest BCUT2D eigenvalue weighted by molar-refractivity contribution is 6.11. The van der Waals surface area contributed by atoms with E-state index in [4.69, 9.17) is 10.1 Å². The number of rotatable bonds is 7. The largest absolute Gasteiger partial charge is 0.380 e. The lowest BCUT2D eigenvalue weighted by molar-refractivity contribution is 0.179. The second-order valence-electron chi connectivity index (χ2n) is 8.51. The Hall–Kier alpha value is -3.90. The zero-order valence-corrected chi connectivity index (χ0v) is 19.3.